The second-order valence-electron chi connectivity index (χ2n) is 5.04. The molecule has 1 aromatic rings. The molecule has 2 rings (SSSR count). The zero-order chi connectivity index (χ0) is 15.3. The van der Waals surface area contributed by atoms with Crippen molar-refractivity contribution < 1.29 is 13.2 Å². The summed E-state index contributed by atoms with van der Waals surface area (Å²) in [6.07, 6.45) is 0.701. The van der Waals surface area contributed by atoms with Crippen molar-refractivity contribution in [2.75, 3.05) is 37.7 Å². The summed E-state index contributed by atoms with van der Waals surface area (Å²) >= 11 is 0. The summed E-state index contributed by atoms with van der Waals surface area (Å²) in [5.41, 5.74) is 6.36. The fourth-order valence-corrected chi connectivity index (χ4v) is 3.70. The summed E-state index contributed by atoms with van der Waals surface area (Å²) < 4.78 is 33.0. The highest BCUT2D eigenvalue weighted by Gasteiger charge is 2.25. The van der Waals surface area contributed by atoms with Gasteiger partial charge in [-0.05, 0) is 18.6 Å². The van der Waals surface area contributed by atoms with E-state index in [1.807, 2.05) is 24.0 Å². The number of sulfonamides is 1. The molecule has 0 radical (unpaired) electrons. The second kappa shape index (κ2) is 7.22. The third kappa shape index (κ3) is 3.94. The Hall–Kier alpha value is -1.15. The fourth-order valence-electron chi connectivity index (χ4n) is 2.34. The molecule has 1 aliphatic heterocycles. The highest BCUT2D eigenvalue weighted by molar-refractivity contribution is 7.89. The monoisotopic (exact) mass is 313 g/mol. The van der Waals surface area contributed by atoms with E-state index in [0.29, 0.717) is 43.4 Å². The van der Waals surface area contributed by atoms with Gasteiger partial charge in [0.1, 0.15) is 4.90 Å². The van der Waals surface area contributed by atoms with E-state index in [9.17, 15) is 8.42 Å². The van der Waals surface area contributed by atoms with Crippen molar-refractivity contribution >= 4 is 15.7 Å². The Morgan fingerprint density at radius 2 is 2.19 bits per heavy atom. The molecule has 1 aromatic carbocycles. The van der Waals surface area contributed by atoms with E-state index in [4.69, 9.17) is 10.5 Å². The Labute approximate surface area is 126 Å². The number of hydrogen-bond donors (Lipinski definition) is 2. The van der Waals surface area contributed by atoms with Crippen LogP contribution in [0.2, 0.25) is 0 Å². The number of ether oxygens (including phenoxy) is 1. The molecule has 0 spiro atoms. The van der Waals surface area contributed by atoms with Gasteiger partial charge in [-0.3, -0.25) is 0 Å². The number of anilines is 1. The first-order valence-corrected chi connectivity index (χ1v) is 8.72. The maximum Gasteiger partial charge on any atom is 0.242 e. The lowest BCUT2D eigenvalue weighted by atomic mass is 10.2. The standard InChI is InChI=1S/C14H23N3O3S/c1-2-7-16-21(18,19)14-6-4-3-5-13(14)17-8-9-20-12(10-15)11-17/h3-6,12,16H,2,7-11,15H2,1H3. The van der Waals surface area contributed by atoms with Crippen LogP contribution in [-0.4, -0.2) is 47.3 Å². The summed E-state index contributed by atoms with van der Waals surface area (Å²) in [5.74, 6) is 0. The number of para-hydroxylation sites is 1. The van der Waals surface area contributed by atoms with E-state index < -0.39 is 10.0 Å². The van der Waals surface area contributed by atoms with Crippen LogP contribution in [0.1, 0.15) is 13.3 Å². The topological polar surface area (TPSA) is 84.7 Å². The minimum absolute atomic E-state index is 0.0573. The van der Waals surface area contributed by atoms with Crippen LogP contribution in [-0.2, 0) is 14.8 Å². The van der Waals surface area contributed by atoms with Crippen LogP contribution in [0.15, 0.2) is 29.2 Å². The van der Waals surface area contributed by atoms with Gasteiger partial charge < -0.3 is 15.4 Å². The van der Waals surface area contributed by atoms with Gasteiger partial charge >= 0.3 is 0 Å². The van der Waals surface area contributed by atoms with Crippen LogP contribution in [0.25, 0.3) is 0 Å². The lowest BCUT2D eigenvalue weighted by molar-refractivity contribution is 0.0464. The van der Waals surface area contributed by atoms with Crippen LogP contribution in [0.4, 0.5) is 5.69 Å². The van der Waals surface area contributed by atoms with E-state index >= 15 is 0 Å². The number of nitrogens with one attached hydrogen (secondary N) is 1. The Morgan fingerprint density at radius 1 is 1.43 bits per heavy atom. The number of rotatable bonds is 6. The summed E-state index contributed by atoms with van der Waals surface area (Å²) in [7, 11) is -3.49. The van der Waals surface area contributed by atoms with Crippen molar-refractivity contribution in [3.05, 3.63) is 24.3 Å². The molecule has 0 amide bonds. The van der Waals surface area contributed by atoms with Crippen molar-refractivity contribution in [3.8, 4) is 0 Å². The van der Waals surface area contributed by atoms with Gasteiger partial charge in [-0.1, -0.05) is 19.1 Å². The molecule has 6 nitrogen and oxygen atoms in total. The SMILES string of the molecule is CCCNS(=O)(=O)c1ccccc1N1CCOC(CN)C1. The maximum atomic E-state index is 12.4. The Bertz CT molecular complexity index is 562. The van der Waals surface area contributed by atoms with Crippen LogP contribution < -0.4 is 15.4 Å². The largest absolute Gasteiger partial charge is 0.373 e. The third-order valence-electron chi connectivity index (χ3n) is 3.44. The predicted octanol–water partition coefficient (Wildman–Crippen LogP) is 0.539. The second-order valence-corrected chi connectivity index (χ2v) is 6.78. The van der Waals surface area contributed by atoms with Gasteiger partial charge in [0.05, 0.1) is 18.4 Å². The van der Waals surface area contributed by atoms with Gasteiger partial charge in [0.2, 0.25) is 10.0 Å². The number of nitrogens with zero attached hydrogens (tertiary/aromatic N) is 1. The first-order chi connectivity index (χ1) is 10.1. The average molecular weight is 313 g/mol. The molecule has 1 fully saturated rings. The molecule has 0 bridgehead atoms. The summed E-state index contributed by atoms with van der Waals surface area (Å²) in [4.78, 5) is 2.35. The molecular formula is C14H23N3O3S. The summed E-state index contributed by atoms with van der Waals surface area (Å²) in [6, 6.07) is 7.06. The van der Waals surface area contributed by atoms with Gasteiger partial charge in [0, 0.05) is 26.2 Å². The molecule has 1 atom stereocenters. The molecule has 0 saturated carbocycles. The normalized spacial score (nSPS) is 19.7. The molecule has 7 heteroatoms. The maximum absolute atomic E-state index is 12.4. The van der Waals surface area contributed by atoms with Crippen LogP contribution in [0, 0.1) is 0 Å². The first kappa shape index (κ1) is 16.2. The highest BCUT2D eigenvalue weighted by Crippen LogP contribution is 2.26. The summed E-state index contributed by atoms with van der Waals surface area (Å²) in [6.45, 7) is 4.62. The van der Waals surface area contributed by atoms with Crippen molar-refractivity contribution in [1.82, 2.24) is 4.72 Å². The smallest absolute Gasteiger partial charge is 0.242 e. The number of hydrogen-bond acceptors (Lipinski definition) is 5. The molecular weight excluding hydrogens is 290 g/mol. The molecule has 0 aromatic heterocycles. The van der Waals surface area contributed by atoms with Crippen molar-refractivity contribution in [1.29, 1.82) is 0 Å². The van der Waals surface area contributed by atoms with E-state index in [0.717, 1.165) is 6.42 Å². The number of benzene rings is 1. The molecule has 0 aliphatic carbocycles. The van der Waals surface area contributed by atoms with Crippen molar-refractivity contribution in [2.45, 2.75) is 24.3 Å². The van der Waals surface area contributed by atoms with Gasteiger partial charge in [0.25, 0.3) is 0 Å². The molecule has 1 aliphatic rings. The van der Waals surface area contributed by atoms with E-state index in [2.05, 4.69) is 4.72 Å². The average Bonchev–Trinajstić information content (AvgIpc) is 2.53. The minimum atomic E-state index is -3.49. The van der Waals surface area contributed by atoms with Crippen molar-refractivity contribution in [2.24, 2.45) is 5.73 Å². The zero-order valence-electron chi connectivity index (χ0n) is 12.3. The fraction of sp³-hybridized carbons (Fsp3) is 0.571. The Kier molecular flexibility index (Phi) is 5.58. The van der Waals surface area contributed by atoms with Gasteiger partial charge in [-0.2, -0.15) is 0 Å². The molecule has 3 N–H and O–H groups in total. The van der Waals surface area contributed by atoms with E-state index in [-0.39, 0.29) is 6.10 Å². The van der Waals surface area contributed by atoms with Gasteiger partial charge in [-0.25, -0.2) is 13.1 Å². The zero-order valence-corrected chi connectivity index (χ0v) is 13.1. The predicted molar refractivity (Wildman–Crippen MR) is 82.9 cm³/mol. The third-order valence-corrected chi connectivity index (χ3v) is 4.95. The molecule has 1 unspecified atom stereocenters. The lowest BCUT2D eigenvalue weighted by Gasteiger charge is -2.35. The lowest BCUT2D eigenvalue weighted by Crippen LogP contribution is -2.46. The van der Waals surface area contributed by atoms with Crippen LogP contribution in [0.5, 0.6) is 0 Å². The minimum Gasteiger partial charge on any atom is -0.373 e. The molecule has 1 heterocycles. The Morgan fingerprint density at radius 3 is 2.90 bits per heavy atom. The number of morpholine rings is 1. The van der Waals surface area contributed by atoms with E-state index in [1.54, 1.807) is 12.1 Å². The molecule has 21 heavy (non-hydrogen) atoms. The highest BCUT2D eigenvalue weighted by atomic mass is 32.2. The molecule has 118 valence electrons. The number of nitrogens with two attached hydrogens (primary N) is 1. The Balaban J connectivity index is 2.28. The van der Waals surface area contributed by atoms with Gasteiger partial charge in [0.15, 0.2) is 0 Å². The summed E-state index contributed by atoms with van der Waals surface area (Å²) in [5, 5.41) is 0. The van der Waals surface area contributed by atoms with Crippen LogP contribution >= 0.6 is 0 Å². The first-order valence-electron chi connectivity index (χ1n) is 7.23. The van der Waals surface area contributed by atoms with Gasteiger partial charge in [-0.15, -0.1) is 0 Å². The van der Waals surface area contributed by atoms with Crippen LogP contribution in [0.3, 0.4) is 0 Å². The van der Waals surface area contributed by atoms with Crippen molar-refractivity contribution in [3.63, 3.8) is 0 Å². The van der Waals surface area contributed by atoms with E-state index in [1.165, 1.54) is 0 Å². The molecule has 1 saturated heterocycles. The quantitative estimate of drug-likeness (QED) is 0.801.